The van der Waals surface area contributed by atoms with Gasteiger partial charge in [0, 0.05) is 12.4 Å². The summed E-state index contributed by atoms with van der Waals surface area (Å²) in [4.78, 5) is 20.5. The minimum atomic E-state index is -0.392. The summed E-state index contributed by atoms with van der Waals surface area (Å²) in [7, 11) is 0. The number of imidazole rings is 1. The zero-order valence-electron chi connectivity index (χ0n) is 10.2. The molecule has 6 nitrogen and oxygen atoms in total. The van der Waals surface area contributed by atoms with Crippen LogP contribution in [0.5, 0.6) is 0 Å². The van der Waals surface area contributed by atoms with Crippen LogP contribution in [0.3, 0.4) is 0 Å². The molecule has 7 heteroatoms. The standard InChI is InChI=1S/C13H10BrN5O/c14-8-4-3-7-19-11(15)10(18-12(8)19)13(20)17-9-5-1-2-6-16-9/h1-7H,15H2,(H,16,17,20). The first-order valence-electron chi connectivity index (χ1n) is 5.81. The molecular formula is C13H10BrN5O. The lowest BCUT2D eigenvalue weighted by atomic mass is 10.4. The number of halogens is 1. The van der Waals surface area contributed by atoms with Crippen molar-refractivity contribution in [2.24, 2.45) is 0 Å². The molecule has 3 heterocycles. The number of rotatable bonds is 2. The quantitative estimate of drug-likeness (QED) is 0.754. The fourth-order valence-corrected chi connectivity index (χ4v) is 2.26. The lowest BCUT2D eigenvalue weighted by Crippen LogP contribution is -2.15. The van der Waals surface area contributed by atoms with Crippen LogP contribution >= 0.6 is 15.9 Å². The average Bonchev–Trinajstić information content (AvgIpc) is 2.79. The first-order valence-corrected chi connectivity index (χ1v) is 6.60. The summed E-state index contributed by atoms with van der Waals surface area (Å²) in [6.45, 7) is 0. The lowest BCUT2D eigenvalue weighted by Gasteiger charge is -2.02. The molecule has 20 heavy (non-hydrogen) atoms. The number of nitrogens with two attached hydrogens (primary N) is 1. The first kappa shape index (κ1) is 12.6. The molecule has 0 aromatic carbocycles. The summed E-state index contributed by atoms with van der Waals surface area (Å²) in [6, 6.07) is 8.90. The van der Waals surface area contributed by atoms with Gasteiger partial charge < -0.3 is 11.1 Å². The van der Waals surface area contributed by atoms with Gasteiger partial charge in [-0.05, 0) is 40.2 Å². The van der Waals surface area contributed by atoms with Crippen molar-refractivity contribution in [3.63, 3.8) is 0 Å². The Bertz CT molecular complexity index is 784. The molecule has 3 N–H and O–H groups in total. The summed E-state index contributed by atoms with van der Waals surface area (Å²) >= 11 is 3.38. The van der Waals surface area contributed by atoms with Crippen LogP contribution in [-0.4, -0.2) is 20.3 Å². The van der Waals surface area contributed by atoms with Gasteiger partial charge in [0.1, 0.15) is 11.6 Å². The van der Waals surface area contributed by atoms with Crippen molar-refractivity contribution in [1.82, 2.24) is 14.4 Å². The number of nitrogens with one attached hydrogen (secondary N) is 1. The molecule has 0 aliphatic heterocycles. The molecule has 0 fully saturated rings. The van der Waals surface area contributed by atoms with Crippen LogP contribution in [0, 0.1) is 0 Å². The highest BCUT2D eigenvalue weighted by Gasteiger charge is 2.18. The molecule has 0 saturated heterocycles. The molecule has 1 amide bonds. The fraction of sp³-hybridized carbons (Fsp3) is 0. The van der Waals surface area contributed by atoms with Crippen molar-refractivity contribution in [1.29, 1.82) is 0 Å². The monoisotopic (exact) mass is 331 g/mol. The lowest BCUT2D eigenvalue weighted by molar-refractivity contribution is 0.102. The van der Waals surface area contributed by atoms with E-state index in [0.29, 0.717) is 11.5 Å². The molecule has 0 saturated carbocycles. The zero-order valence-corrected chi connectivity index (χ0v) is 11.8. The Morgan fingerprint density at radius 2 is 2.15 bits per heavy atom. The number of fused-ring (bicyclic) bond motifs is 1. The summed E-state index contributed by atoms with van der Waals surface area (Å²) < 4.78 is 2.42. The van der Waals surface area contributed by atoms with Crippen LogP contribution < -0.4 is 11.1 Å². The third-order valence-corrected chi connectivity index (χ3v) is 3.38. The van der Waals surface area contributed by atoms with Gasteiger partial charge in [-0.15, -0.1) is 0 Å². The average molecular weight is 332 g/mol. The molecular weight excluding hydrogens is 322 g/mol. The molecule has 0 aliphatic rings. The fourth-order valence-electron chi connectivity index (χ4n) is 1.83. The van der Waals surface area contributed by atoms with Crippen molar-refractivity contribution in [2.45, 2.75) is 0 Å². The number of hydrogen-bond acceptors (Lipinski definition) is 4. The van der Waals surface area contributed by atoms with Gasteiger partial charge in [0.05, 0.1) is 4.47 Å². The van der Waals surface area contributed by atoms with E-state index in [2.05, 4.69) is 31.2 Å². The number of hydrogen-bond donors (Lipinski definition) is 2. The van der Waals surface area contributed by atoms with E-state index in [1.807, 2.05) is 12.1 Å². The minimum absolute atomic E-state index is 0.169. The maximum Gasteiger partial charge on any atom is 0.279 e. The Hall–Kier alpha value is -2.41. The van der Waals surface area contributed by atoms with Crippen LogP contribution in [0.1, 0.15) is 10.5 Å². The summed E-state index contributed by atoms with van der Waals surface area (Å²) in [6.07, 6.45) is 3.35. The Labute approximate surface area is 122 Å². The van der Waals surface area contributed by atoms with Crippen molar-refractivity contribution in [3.05, 3.63) is 52.9 Å². The zero-order chi connectivity index (χ0) is 14.1. The molecule has 100 valence electrons. The molecule has 0 aliphatic carbocycles. The van der Waals surface area contributed by atoms with E-state index in [1.54, 1.807) is 35.0 Å². The van der Waals surface area contributed by atoms with Crippen LogP contribution in [0.25, 0.3) is 5.65 Å². The maximum atomic E-state index is 12.2. The van der Waals surface area contributed by atoms with E-state index in [0.717, 1.165) is 4.47 Å². The molecule has 3 aromatic rings. The second-order valence-electron chi connectivity index (χ2n) is 4.06. The van der Waals surface area contributed by atoms with E-state index >= 15 is 0 Å². The summed E-state index contributed by atoms with van der Waals surface area (Å²) in [5, 5.41) is 2.66. The van der Waals surface area contributed by atoms with E-state index in [4.69, 9.17) is 5.73 Å². The number of nitrogen functional groups attached to an aromatic ring is 1. The number of carbonyl (C=O) groups is 1. The third-order valence-electron chi connectivity index (χ3n) is 2.76. The minimum Gasteiger partial charge on any atom is -0.383 e. The number of amides is 1. The van der Waals surface area contributed by atoms with Gasteiger partial charge in [-0.1, -0.05) is 6.07 Å². The summed E-state index contributed by atoms with van der Waals surface area (Å²) in [5.41, 5.74) is 6.72. The Kier molecular flexibility index (Phi) is 3.11. The van der Waals surface area contributed by atoms with Gasteiger partial charge in [0.15, 0.2) is 11.3 Å². The third kappa shape index (κ3) is 2.12. The highest BCUT2D eigenvalue weighted by atomic mass is 79.9. The van der Waals surface area contributed by atoms with E-state index in [-0.39, 0.29) is 11.5 Å². The number of anilines is 2. The topological polar surface area (TPSA) is 85.3 Å². The maximum absolute atomic E-state index is 12.2. The number of aromatic nitrogens is 3. The van der Waals surface area contributed by atoms with Crippen LogP contribution in [0.2, 0.25) is 0 Å². The summed E-state index contributed by atoms with van der Waals surface area (Å²) in [5.74, 6) is 0.347. The van der Waals surface area contributed by atoms with E-state index in [9.17, 15) is 4.79 Å². The van der Waals surface area contributed by atoms with Gasteiger partial charge in [0.25, 0.3) is 5.91 Å². The van der Waals surface area contributed by atoms with Crippen molar-refractivity contribution < 1.29 is 4.79 Å². The second kappa shape index (κ2) is 4.93. The van der Waals surface area contributed by atoms with Gasteiger partial charge in [-0.25, -0.2) is 9.97 Å². The Morgan fingerprint density at radius 1 is 1.30 bits per heavy atom. The number of carbonyl (C=O) groups excluding carboxylic acids is 1. The first-order chi connectivity index (χ1) is 9.66. The largest absolute Gasteiger partial charge is 0.383 e. The normalized spacial score (nSPS) is 10.7. The second-order valence-corrected chi connectivity index (χ2v) is 4.92. The Morgan fingerprint density at radius 3 is 2.85 bits per heavy atom. The van der Waals surface area contributed by atoms with Crippen molar-refractivity contribution in [3.8, 4) is 0 Å². The predicted octanol–water partition coefficient (Wildman–Crippen LogP) is 2.33. The van der Waals surface area contributed by atoms with E-state index < -0.39 is 5.91 Å². The molecule has 0 unspecified atom stereocenters. The smallest absolute Gasteiger partial charge is 0.279 e. The number of pyridine rings is 2. The molecule has 3 aromatic heterocycles. The molecule has 0 radical (unpaired) electrons. The Balaban J connectivity index is 2.00. The molecule has 0 spiro atoms. The van der Waals surface area contributed by atoms with Crippen molar-refractivity contribution in [2.75, 3.05) is 11.1 Å². The SMILES string of the molecule is Nc1c(C(=O)Nc2ccccn2)nc2c(Br)cccn12. The van der Waals surface area contributed by atoms with Crippen LogP contribution in [0.4, 0.5) is 11.6 Å². The van der Waals surface area contributed by atoms with Gasteiger partial charge in [0.2, 0.25) is 0 Å². The van der Waals surface area contributed by atoms with Gasteiger partial charge in [-0.2, -0.15) is 0 Å². The molecule has 3 rings (SSSR count). The highest BCUT2D eigenvalue weighted by Crippen LogP contribution is 2.22. The van der Waals surface area contributed by atoms with Gasteiger partial charge in [-0.3, -0.25) is 9.20 Å². The van der Waals surface area contributed by atoms with Crippen LogP contribution in [-0.2, 0) is 0 Å². The van der Waals surface area contributed by atoms with Crippen LogP contribution in [0.15, 0.2) is 47.2 Å². The number of nitrogens with zero attached hydrogens (tertiary/aromatic N) is 3. The van der Waals surface area contributed by atoms with Gasteiger partial charge >= 0.3 is 0 Å². The molecule has 0 atom stereocenters. The molecule has 0 bridgehead atoms. The van der Waals surface area contributed by atoms with E-state index in [1.165, 1.54) is 0 Å². The van der Waals surface area contributed by atoms with Crippen molar-refractivity contribution >= 4 is 39.1 Å². The highest BCUT2D eigenvalue weighted by molar-refractivity contribution is 9.10. The predicted molar refractivity (Wildman–Crippen MR) is 79.5 cm³/mol.